The summed E-state index contributed by atoms with van der Waals surface area (Å²) in [5.74, 6) is -0.444. The third kappa shape index (κ3) is 3.78. The number of methoxy groups -OCH3 is 2. The monoisotopic (exact) mass is 399 g/mol. The minimum Gasteiger partial charge on any atom is -0.507 e. The number of aliphatic hydroxyl groups excluding tert-OH is 1. The van der Waals surface area contributed by atoms with Gasteiger partial charge in [0.2, 0.25) is 0 Å². The predicted molar refractivity (Wildman–Crippen MR) is 107 cm³/mol. The minimum atomic E-state index is -0.815. The Morgan fingerprint density at radius 2 is 2.00 bits per heavy atom. The lowest BCUT2D eigenvalue weighted by Gasteiger charge is -2.23. The van der Waals surface area contributed by atoms with E-state index in [1.165, 1.54) is 18.3 Å². The lowest BCUT2D eigenvalue weighted by Crippen LogP contribution is -2.32. The Bertz CT molecular complexity index is 929. The van der Waals surface area contributed by atoms with Gasteiger partial charge in [-0.1, -0.05) is 13.8 Å². The summed E-state index contributed by atoms with van der Waals surface area (Å²) in [5, 5.41) is 11.1. The molecule has 0 aliphatic carbocycles. The van der Waals surface area contributed by atoms with Gasteiger partial charge < -0.3 is 23.9 Å². The number of hydrogen-bond acceptors (Lipinski definition) is 6. The Kier molecular flexibility index (Phi) is 6.08. The molecule has 0 bridgehead atoms. The van der Waals surface area contributed by atoms with Crippen molar-refractivity contribution >= 4 is 17.4 Å². The van der Waals surface area contributed by atoms with Crippen molar-refractivity contribution in [3.8, 4) is 5.75 Å². The molecule has 7 nitrogen and oxygen atoms in total. The van der Waals surface area contributed by atoms with Gasteiger partial charge in [-0.25, -0.2) is 0 Å². The molecule has 1 unspecified atom stereocenters. The van der Waals surface area contributed by atoms with Crippen LogP contribution in [0, 0.1) is 0 Å². The van der Waals surface area contributed by atoms with E-state index >= 15 is 0 Å². The Morgan fingerprint density at radius 1 is 1.24 bits per heavy atom. The molecule has 154 valence electrons. The van der Waals surface area contributed by atoms with Crippen LogP contribution < -0.4 is 4.74 Å². The molecular formula is C22H25NO6. The molecule has 1 N–H and O–H groups in total. The number of carbonyl (C=O) groups is 2. The van der Waals surface area contributed by atoms with E-state index in [0.29, 0.717) is 17.1 Å². The summed E-state index contributed by atoms with van der Waals surface area (Å²) in [6, 6.07) is 7.73. The molecule has 3 rings (SSSR count). The first-order chi connectivity index (χ1) is 13.9. The van der Waals surface area contributed by atoms with Gasteiger partial charge >= 0.3 is 0 Å². The average molecular weight is 399 g/mol. The maximum absolute atomic E-state index is 12.8. The second-order valence-corrected chi connectivity index (χ2v) is 7.11. The van der Waals surface area contributed by atoms with Crippen LogP contribution >= 0.6 is 0 Å². The first kappa shape index (κ1) is 20.7. The summed E-state index contributed by atoms with van der Waals surface area (Å²) in [6.07, 6.45) is 1.47. The van der Waals surface area contributed by atoms with Gasteiger partial charge in [0.1, 0.15) is 23.3 Å². The summed E-state index contributed by atoms with van der Waals surface area (Å²) in [7, 11) is 3.10. The SMILES string of the molecule is COCCN1C(=O)C(=O)/C(=C(\O)c2ccc(OC)c(C(C)C)c2)C1c1ccco1. The van der Waals surface area contributed by atoms with E-state index in [9.17, 15) is 14.7 Å². The number of benzene rings is 1. The quantitative estimate of drug-likeness (QED) is 0.436. The molecule has 1 aromatic heterocycles. The van der Waals surface area contributed by atoms with Crippen molar-refractivity contribution in [3.05, 3.63) is 59.1 Å². The molecule has 1 fully saturated rings. The van der Waals surface area contributed by atoms with Crippen molar-refractivity contribution in [2.75, 3.05) is 27.4 Å². The van der Waals surface area contributed by atoms with E-state index in [1.807, 2.05) is 13.8 Å². The highest BCUT2D eigenvalue weighted by atomic mass is 16.5. The Balaban J connectivity index is 2.15. The molecule has 1 atom stereocenters. The molecule has 1 aromatic carbocycles. The maximum Gasteiger partial charge on any atom is 0.295 e. The molecule has 7 heteroatoms. The predicted octanol–water partition coefficient (Wildman–Crippen LogP) is 3.48. The van der Waals surface area contributed by atoms with Crippen LogP contribution in [-0.2, 0) is 14.3 Å². The highest BCUT2D eigenvalue weighted by Gasteiger charge is 2.47. The number of rotatable bonds is 7. The molecule has 0 saturated carbocycles. The molecule has 2 heterocycles. The largest absolute Gasteiger partial charge is 0.507 e. The summed E-state index contributed by atoms with van der Waals surface area (Å²) in [4.78, 5) is 26.8. The molecule has 1 amide bonds. The van der Waals surface area contributed by atoms with Crippen molar-refractivity contribution in [1.29, 1.82) is 0 Å². The summed E-state index contributed by atoms with van der Waals surface area (Å²) in [6.45, 7) is 4.47. The standard InChI is InChI=1S/C22H25NO6/c1-13(2)15-12-14(7-8-16(15)28-4)20(24)18-19(17-6-5-10-29-17)23(9-11-27-3)22(26)21(18)25/h5-8,10,12-13,19,24H,9,11H2,1-4H3/b20-18-. The van der Waals surface area contributed by atoms with Gasteiger partial charge in [0.25, 0.3) is 11.7 Å². The van der Waals surface area contributed by atoms with Gasteiger partial charge in [-0.3, -0.25) is 9.59 Å². The zero-order chi connectivity index (χ0) is 21.1. The number of furan rings is 1. The number of amides is 1. The molecule has 0 radical (unpaired) electrons. The molecular weight excluding hydrogens is 374 g/mol. The number of ketones is 1. The second-order valence-electron chi connectivity index (χ2n) is 7.11. The summed E-state index contributed by atoms with van der Waals surface area (Å²) >= 11 is 0. The van der Waals surface area contributed by atoms with Crippen molar-refractivity contribution in [3.63, 3.8) is 0 Å². The van der Waals surface area contributed by atoms with Crippen LogP contribution in [0.3, 0.4) is 0 Å². The fourth-order valence-corrected chi connectivity index (χ4v) is 3.53. The van der Waals surface area contributed by atoms with Crippen LogP contribution in [0.15, 0.2) is 46.6 Å². The Morgan fingerprint density at radius 3 is 2.59 bits per heavy atom. The number of aliphatic hydroxyl groups is 1. The zero-order valence-corrected chi connectivity index (χ0v) is 17.0. The molecule has 1 aliphatic heterocycles. The van der Waals surface area contributed by atoms with E-state index in [0.717, 1.165) is 5.56 Å². The van der Waals surface area contributed by atoms with Gasteiger partial charge in [-0.2, -0.15) is 0 Å². The van der Waals surface area contributed by atoms with Gasteiger partial charge in [0.15, 0.2) is 0 Å². The lowest BCUT2D eigenvalue weighted by atomic mass is 9.95. The van der Waals surface area contributed by atoms with Crippen LogP contribution in [0.2, 0.25) is 0 Å². The number of ether oxygens (including phenoxy) is 2. The fourth-order valence-electron chi connectivity index (χ4n) is 3.53. The molecule has 29 heavy (non-hydrogen) atoms. The maximum atomic E-state index is 12.8. The average Bonchev–Trinajstić information content (AvgIpc) is 3.33. The number of likely N-dealkylation sites (tertiary alicyclic amines) is 1. The van der Waals surface area contributed by atoms with Gasteiger partial charge in [0.05, 0.1) is 25.6 Å². The van der Waals surface area contributed by atoms with E-state index in [4.69, 9.17) is 13.9 Å². The highest BCUT2D eigenvalue weighted by molar-refractivity contribution is 6.46. The fraction of sp³-hybridized carbons (Fsp3) is 0.364. The van der Waals surface area contributed by atoms with Crippen molar-refractivity contribution < 1.29 is 28.6 Å². The number of carbonyl (C=O) groups excluding carboxylic acids is 2. The highest BCUT2D eigenvalue weighted by Crippen LogP contribution is 2.40. The normalized spacial score (nSPS) is 18.7. The van der Waals surface area contributed by atoms with E-state index in [-0.39, 0.29) is 30.4 Å². The number of nitrogens with zero attached hydrogens (tertiary/aromatic N) is 1. The van der Waals surface area contributed by atoms with E-state index < -0.39 is 17.7 Å². The van der Waals surface area contributed by atoms with Crippen molar-refractivity contribution in [2.24, 2.45) is 0 Å². The smallest absolute Gasteiger partial charge is 0.295 e. The van der Waals surface area contributed by atoms with Gasteiger partial charge in [-0.05, 0) is 41.8 Å². The number of Topliss-reactive ketones (excluding diaryl/α,β-unsaturated/α-hetero) is 1. The van der Waals surface area contributed by atoms with Crippen molar-refractivity contribution in [1.82, 2.24) is 4.90 Å². The number of hydrogen-bond donors (Lipinski definition) is 1. The molecule has 2 aromatic rings. The lowest BCUT2D eigenvalue weighted by molar-refractivity contribution is -0.140. The second kappa shape index (κ2) is 8.53. The Hall–Kier alpha value is -3.06. The summed E-state index contributed by atoms with van der Waals surface area (Å²) in [5.41, 5.74) is 1.33. The third-order valence-electron chi connectivity index (χ3n) is 5.01. The first-order valence-corrected chi connectivity index (χ1v) is 9.39. The van der Waals surface area contributed by atoms with Crippen LogP contribution in [0.25, 0.3) is 5.76 Å². The molecule has 1 aliphatic rings. The van der Waals surface area contributed by atoms with Crippen molar-refractivity contribution in [2.45, 2.75) is 25.8 Å². The zero-order valence-electron chi connectivity index (χ0n) is 17.0. The van der Waals surface area contributed by atoms with E-state index in [1.54, 1.807) is 37.4 Å². The van der Waals surface area contributed by atoms with E-state index in [2.05, 4.69) is 0 Å². The van der Waals surface area contributed by atoms with Gasteiger partial charge in [-0.15, -0.1) is 0 Å². The van der Waals surface area contributed by atoms with Crippen LogP contribution in [0.4, 0.5) is 0 Å². The molecule has 1 saturated heterocycles. The third-order valence-corrected chi connectivity index (χ3v) is 5.01. The first-order valence-electron chi connectivity index (χ1n) is 9.39. The summed E-state index contributed by atoms with van der Waals surface area (Å²) < 4.78 is 16.0. The molecule has 0 spiro atoms. The minimum absolute atomic E-state index is 0.000857. The Labute approximate surface area is 169 Å². The van der Waals surface area contributed by atoms with Gasteiger partial charge in [0, 0.05) is 19.2 Å². The van der Waals surface area contributed by atoms with Crippen LogP contribution in [0.1, 0.15) is 42.7 Å². The van der Waals surface area contributed by atoms with Crippen LogP contribution in [-0.4, -0.2) is 49.1 Å². The topological polar surface area (TPSA) is 89.2 Å². The van der Waals surface area contributed by atoms with Crippen LogP contribution in [0.5, 0.6) is 5.75 Å².